The fourth-order valence-electron chi connectivity index (χ4n) is 3.50. The number of hydrogen-bond acceptors (Lipinski definition) is 4. The number of anilines is 1. The lowest BCUT2D eigenvalue weighted by atomic mass is 10.1. The van der Waals surface area contributed by atoms with Crippen molar-refractivity contribution in [3.05, 3.63) is 58.7 Å². The predicted molar refractivity (Wildman–Crippen MR) is 117 cm³/mol. The quantitative estimate of drug-likeness (QED) is 0.725. The van der Waals surface area contributed by atoms with Gasteiger partial charge in [0.25, 0.3) is 11.8 Å². The van der Waals surface area contributed by atoms with Crippen molar-refractivity contribution in [2.45, 2.75) is 52.7 Å². The minimum absolute atomic E-state index is 0.0603. The van der Waals surface area contributed by atoms with Gasteiger partial charge in [-0.3, -0.25) is 9.59 Å². The van der Waals surface area contributed by atoms with Gasteiger partial charge in [0.15, 0.2) is 6.10 Å². The third-order valence-electron chi connectivity index (χ3n) is 5.38. The molecule has 2 atom stereocenters. The van der Waals surface area contributed by atoms with Crippen molar-refractivity contribution in [2.24, 2.45) is 0 Å². The summed E-state index contributed by atoms with van der Waals surface area (Å²) < 4.78 is 11.5. The van der Waals surface area contributed by atoms with Crippen LogP contribution in [0.3, 0.4) is 0 Å². The van der Waals surface area contributed by atoms with E-state index in [1.165, 1.54) is 0 Å². The monoisotopic (exact) mass is 410 g/mol. The second-order valence-electron chi connectivity index (χ2n) is 7.84. The molecule has 0 aliphatic carbocycles. The van der Waals surface area contributed by atoms with E-state index in [4.69, 9.17) is 9.47 Å². The summed E-state index contributed by atoms with van der Waals surface area (Å²) in [6.07, 6.45) is 1.31. The van der Waals surface area contributed by atoms with E-state index in [0.717, 1.165) is 36.1 Å². The van der Waals surface area contributed by atoms with Crippen LogP contribution in [0.25, 0.3) is 0 Å². The van der Waals surface area contributed by atoms with Crippen LogP contribution in [0.2, 0.25) is 0 Å². The lowest BCUT2D eigenvalue weighted by molar-refractivity contribution is -0.122. The second-order valence-corrected chi connectivity index (χ2v) is 7.84. The number of aryl methyl sites for hydroxylation is 2. The average molecular weight is 411 g/mol. The molecular formula is C24H30N2O4. The van der Waals surface area contributed by atoms with E-state index in [9.17, 15) is 9.59 Å². The minimum atomic E-state index is -0.715. The van der Waals surface area contributed by atoms with Crippen LogP contribution in [0.4, 0.5) is 5.69 Å². The van der Waals surface area contributed by atoms with Crippen molar-refractivity contribution in [3.63, 3.8) is 0 Å². The van der Waals surface area contributed by atoms with Crippen molar-refractivity contribution >= 4 is 17.5 Å². The number of hydrogen-bond donors (Lipinski definition) is 2. The van der Waals surface area contributed by atoms with Crippen LogP contribution in [0, 0.1) is 20.8 Å². The molecule has 6 nitrogen and oxygen atoms in total. The summed E-state index contributed by atoms with van der Waals surface area (Å²) in [5, 5.41) is 5.73. The zero-order chi connectivity index (χ0) is 21.7. The molecule has 30 heavy (non-hydrogen) atoms. The van der Waals surface area contributed by atoms with Crippen molar-refractivity contribution in [2.75, 3.05) is 18.5 Å². The fourth-order valence-corrected chi connectivity index (χ4v) is 3.50. The molecule has 1 fully saturated rings. The zero-order valence-electron chi connectivity index (χ0n) is 18.1. The van der Waals surface area contributed by atoms with E-state index in [2.05, 4.69) is 16.7 Å². The Balaban J connectivity index is 1.65. The Morgan fingerprint density at radius 2 is 1.97 bits per heavy atom. The van der Waals surface area contributed by atoms with Crippen LogP contribution >= 0.6 is 0 Å². The van der Waals surface area contributed by atoms with Crippen molar-refractivity contribution in [1.82, 2.24) is 5.32 Å². The molecular weight excluding hydrogens is 380 g/mol. The molecule has 0 spiro atoms. The summed E-state index contributed by atoms with van der Waals surface area (Å²) in [6.45, 7) is 8.90. The van der Waals surface area contributed by atoms with Crippen LogP contribution in [0.5, 0.6) is 5.75 Å². The summed E-state index contributed by atoms with van der Waals surface area (Å²) >= 11 is 0. The highest BCUT2D eigenvalue weighted by molar-refractivity contribution is 6.04. The maximum absolute atomic E-state index is 12.8. The molecule has 0 saturated carbocycles. The highest BCUT2D eigenvalue weighted by Crippen LogP contribution is 2.25. The highest BCUT2D eigenvalue weighted by Gasteiger charge is 2.21. The third kappa shape index (κ3) is 5.39. The lowest BCUT2D eigenvalue weighted by Gasteiger charge is -2.19. The molecule has 0 radical (unpaired) electrons. The molecule has 1 heterocycles. The number of rotatable bonds is 7. The van der Waals surface area contributed by atoms with Crippen LogP contribution < -0.4 is 15.4 Å². The van der Waals surface area contributed by atoms with Gasteiger partial charge in [-0.25, -0.2) is 0 Å². The molecule has 6 heteroatoms. The number of benzene rings is 2. The molecule has 0 aromatic heterocycles. The molecule has 2 amide bonds. The first-order valence-corrected chi connectivity index (χ1v) is 10.4. The average Bonchev–Trinajstić information content (AvgIpc) is 3.24. The molecule has 2 aromatic rings. The van der Waals surface area contributed by atoms with Crippen molar-refractivity contribution in [1.29, 1.82) is 0 Å². The molecule has 0 bridgehead atoms. The lowest BCUT2D eigenvalue weighted by Crippen LogP contribution is -2.34. The molecule has 2 aromatic carbocycles. The first kappa shape index (κ1) is 21.8. The minimum Gasteiger partial charge on any atom is -0.481 e. The summed E-state index contributed by atoms with van der Waals surface area (Å²) in [5.74, 6) is 0.144. The Labute approximate surface area is 178 Å². The Morgan fingerprint density at radius 1 is 1.20 bits per heavy atom. The van der Waals surface area contributed by atoms with E-state index in [1.54, 1.807) is 31.2 Å². The zero-order valence-corrected chi connectivity index (χ0v) is 18.1. The maximum Gasteiger partial charge on any atom is 0.265 e. The molecule has 1 aliphatic heterocycles. The number of nitrogens with one attached hydrogen (secondary N) is 2. The number of amides is 2. The van der Waals surface area contributed by atoms with Crippen molar-refractivity contribution in [3.8, 4) is 5.75 Å². The predicted octanol–water partition coefficient (Wildman–Crippen LogP) is 3.93. The number of para-hydroxylation sites is 1. The summed E-state index contributed by atoms with van der Waals surface area (Å²) in [4.78, 5) is 25.4. The van der Waals surface area contributed by atoms with Gasteiger partial charge in [0.2, 0.25) is 0 Å². The van der Waals surface area contributed by atoms with Gasteiger partial charge in [0, 0.05) is 13.2 Å². The Bertz CT molecular complexity index is 919. The Morgan fingerprint density at radius 3 is 2.70 bits per heavy atom. The second kappa shape index (κ2) is 9.76. The fraction of sp³-hybridized carbons (Fsp3) is 0.417. The van der Waals surface area contributed by atoms with E-state index < -0.39 is 6.10 Å². The van der Waals surface area contributed by atoms with Gasteiger partial charge in [-0.2, -0.15) is 0 Å². The summed E-state index contributed by atoms with van der Waals surface area (Å²) in [5.41, 5.74) is 4.08. The van der Waals surface area contributed by atoms with Gasteiger partial charge in [0.05, 0.1) is 17.4 Å². The molecule has 3 rings (SSSR count). The van der Waals surface area contributed by atoms with Gasteiger partial charge in [-0.05, 0) is 75.4 Å². The smallest absolute Gasteiger partial charge is 0.265 e. The van der Waals surface area contributed by atoms with Gasteiger partial charge in [0.1, 0.15) is 5.75 Å². The maximum atomic E-state index is 12.8. The summed E-state index contributed by atoms with van der Waals surface area (Å²) in [6, 6.07) is 11.0. The van der Waals surface area contributed by atoms with Gasteiger partial charge >= 0.3 is 0 Å². The van der Waals surface area contributed by atoms with E-state index in [0.29, 0.717) is 23.5 Å². The number of carbonyl (C=O) groups is 2. The topological polar surface area (TPSA) is 76.7 Å². The van der Waals surface area contributed by atoms with Crippen LogP contribution in [-0.4, -0.2) is 37.2 Å². The van der Waals surface area contributed by atoms with E-state index in [-0.39, 0.29) is 17.9 Å². The van der Waals surface area contributed by atoms with Crippen LogP contribution in [-0.2, 0) is 9.53 Å². The van der Waals surface area contributed by atoms with Crippen molar-refractivity contribution < 1.29 is 19.1 Å². The molecule has 1 aliphatic rings. The van der Waals surface area contributed by atoms with Gasteiger partial charge in [-0.15, -0.1) is 0 Å². The molecule has 2 N–H and O–H groups in total. The molecule has 1 saturated heterocycles. The number of carbonyl (C=O) groups excluding carboxylic acids is 2. The van der Waals surface area contributed by atoms with Gasteiger partial charge in [-0.1, -0.05) is 18.2 Å². The highest BCUT2D eigenvalue weighted by atomic mass is 16.5. The molecule has 0 unspecified atom stereocenters. The number of ether oxygens (including phenoxy) is 2. The van der Waals surface area contributed by atoms with E-state index in [1.807, 2.05) is 26.8 Å². The van der Waals surface area contributed by atoms with Crippen LogP contribution in [0.1, 0.15) is 46.8 Å². The Hall–Kier alpha value is -2.86. The summed E-state index contributed by atoms with van der Waals surface area (Å²) in [7, 11) is 0. The third-order valence-corrected chi connectivity index (χ3v) is 5.38. The normalized spacial score (nSPS) is 16.7. The van der Waals surface area contributed by atoms with Crippen LogP contribution in [0.15, 0.2) is 36.4 Å². The molecule has 160 valence electrons. The van der Waals surface area contributed by atoms with E-state index >= 15 is 0 Å². The SMILES string of the molecule is Cc1cc(C)c(C)c(O[C@H](C)C(=O)Nc2ccccc2C(=O)NC[C@H]2CCCO2)c1. The largest absolute Gasteiger partial charge is 0.481 e. The standard InChI is InChI=1S/C24H30N2O4/c1-15-12-16(2)17(3)22(13-15)30-18(4)23(27)26-21-10-6-5-9-20(21)24(28)25-14-19-8-7-11-29-19/h5-6,9-10,12-13,18-19H,7-8,11,14H2,1-4H3,(H,25,28)(H,26,27)/t18-,19-/m1/s1. The first-order valence-electron chi connectivity index (χ1n) is 10.4. The first-order chi connectivity index (χ1) is 14.3. The Kier molecular flexibility index (Phi) is 7.11. The van der Waals surface area contributed by atoms with Gasteiger partial charge < -0.3 is 20.1 Å².